The first kappa shape index (κ1) is 22.3. The van der Waals surface area contributed by atoms with Crippen molar-refractivity contribution in [3.63, 3.8) is 0 Å². The van der Waals surface area contributed by atoms with Crippen molar-refractivity contribution in [1.82, 2.24) is 15.3 Å². The van der Waals surface area contributed by atoms with Crippen LogP contribution in [0.25, 0.3) is 10.9 Å². The summed E-state index contributed by atoms with van der Waals surface area (Å²) in [5, 5.41) is 16.1. The molecule has 1 fully saturated rings. The Morgan fingerprint density at radius 2 is 1.82 bits per heavy atom. The van der Waals surface area contributed by atoms with E-state index in [4.69, 9.17) is 19.4 Å². The van der Waals surface area contributed by atoms with E-state index in [0.717, 1.165) is 54.6 Å². The topological polar surface area (TPSA) is 103 Å². The molecule has 1 aromatic heterocycles. The maximum atomic E-state index is 11.5. The standard InChI is InChI=1S/C25H29N5O4/c1-29(2)25-19-5-3-4-6-20(19)27-24(28-25)11-16-7-9-18(10-8-16)26-14-17-12-22-23(34-15-33-22)13-21(17)30(31)32/h3-6,12-13,16,18,26H,7-11,14-15H2,1-2H3. The fourth-order valence-corrected chi connectivity index (χ4v) is 4.91. The minimum Gasteiger partial charge on any atom is -0.454 e. The Kier molecular flexibility index (Phi) is 6.19. The third-order valence-electron chi connectivity index (χ3n) is 6.72. The number of hydrogen-bond donors (Lipinski definition) is 1. The van der Waals surface area contributed by atoms with Gasteiger partial charge in [0, 0.05) is 44.1 Å². The first-order valence-electron chi connectivity index (χ1n) is 11.7. The molecule has 1 aliphatic heterocycles. The van der Waals surface area contributed by atoms with Crippen molar-refractivity contribution in [3.8, 4) is 11.5 Å². The van der Waals surface area contributed by atoms with Gasteiger partial charge in [0.1, 0.15) is 11.6 Å². The van der Waals surface area contributed by atoms with Crippen molar-refractivity contribution in [3.05, 3.63) is 57.9 Å². The third-order valence-corrected chi connectivity index (χ3v) is 6.72. The van der Waals surface area contributed by atoms with Gasteiger partial charge in [0.25, 0.3) is 5.69 Å². The number of para-hydroxylation sites is 1. The molecule has 34 heavy (non-hydrogen) atoms. The zero-order chi connectivity index (χ0) is 23.7. The second-order valence-corrected chi connectivity index (χ2v) is 9.27. The van der Waals surface area contributed by atoms with Gasteiger partial charge < -0.3 is 19.7 Å². The number of aromatic nitrogens is 2. The van der Waals surface area contributed by atoms with Crippen molar-refractivity contribution in [1.29, 1.82) is 0 Å². The summed E-state index contributed by atoms with van der Waals surface area (Å²) in [6.45, 7) is 0.534. The van der Waals surface area contributed by atoms with Gasteiger partial charge >= 0.3 is 0 Å². The highest BCUT2D eigenvalue weighted by Gasteiger charge is 2.26. The number of nitro groups is 1. The Balaban J connectivity index is 1.20. The average Bonchev–Trinajstić information content (AvgIpc) is 3.30. The normalized spacial score (nSPS) is 19.4. The highest BCUT2D eigenvalue weighted by molar-refractivity contribution is 5.89. The molecular formula is C25H29N5O4. The SMILES string of the molecule is CN(C)c1nc(CC2CCC(NCc3cc4c(cc3[N+](=O)[O-])OCO4)CC2)nc2ccccc12. The Morgan fingerprint density at radius 1 is 1.09 bits per heavy atom. The zero-order valence-corrected chi connectivity index (χ0v) is 19.5. The Labute approximate surface area is 198 Å². The van der Waals surface area contributed by atoms with Crippen LogP contribution in [0.4, 0.5) is 11.5 Å². The predicted octanol–water partition coefficient (Wildman–Crippen LogP) is 4.22. The third kappa shape index (κ3) is 4.61. The Morgan fingerprint density at radius 3 is 2.56 bits per heavy atom. The predicted molar refractivity (Wildman–Crippen MR) is 129 cm³/mol. The van der Waals surface area contributed by atoms with Crippen LogP contribution in [0, 0.1) is 16.0 Å². The number of benzene rings is 2. The number of hydrogen-bond acceptors (Lipinski definition) is 8. The van der Waals surface area contributed by atoms with Gasteiger partial charge in [0.15, 0.2) is 11.5 Å². The first-order valence-corrected chi connectivity index (χ1v) is 11.7. The van der Waals surface area contributed by atoms with Crippen molar-refractivity contribution in [2.75, 3.05) is 25.8 Å². The molecule has 9 nitrogen and oxygen atoms in total. The van der Waals surface area contributed by atoms with E-state index in [1.54, 1.807) is 6.07 Å². The zero-order valence-electron chi connectivity index (χ0n) is 19.5. The summed E-state index contributed by atoms with van der Waals surface area (Å²) >= 11 is 0. The van der Waals surface area contributed by atoms with Gasteiger partial charge in [-0.05, 0) is 49.8 Å². The summed E-state index contributed by atoms with van der Waals surface area (Å²) in [5.74, 6) is 3.40. The molecule has 0 unspecified atom stereocenters. The molecule has 9 heteroatoms. The number of nitrogens with one attached hydrogen (secondary N) is 1. The maximum absolute atomic E-state index is 11.5. The quantitative estimate of drug-likeness (QED) is 0.410. The molecule has 3 aromatic rings. The van der Waals surface area contributed by atoms with Gasteiger partial charge in [0.05, 0.1) is 16.5 Å². The highest BCUT2D eigenvalue weighted by Crippen LogP contribution is 2.38. The van der Waals surface area contributed by atoms with Gasteiger partial charge in [-0.1, -0.05) is 12.1 Å². The largest absolute Gasteiger partial charge is 0.454 e. The minimum absolute atomic E-state index is 0.0654. The van der Waals surface area contributed by atoms with E-state index in [2.05, 4.69) is 11.4 Å². The van der Waals surface area contributed by atoms with E-state index in [0.29, 0.717) is 35.6 Å². The summed E-state index contributed by atoms with van der Waals surface area (Å²) in [6, 6.07) is 11.7. The average molecular weight is 464 g/mol. The lowest BCUT2D eigenvalue weighted by molar-refractivity contribution is -0.385. The summed E-state index contributed by atoms with van der Waals surface area (Å²) in [4.78, 5) is 22.9. The number of nitro benzene ring substituents is 1. The van der Waals surface area contributed by atoms with E-state index in [1.807, 2.05) is 37.2 Å². The molecule has 0 saturated heterocycles. The van der Waals surface area contributed by atoms with Crippen LogP contribution in [0.5, 0.6) is 11.5 Å². The first-order chi connectivity index (χ1) is 16.5. The molecular weight excluding hydrogens is 434 g/mol. The van der Waals surface area contributed by atoms with E-state index in [-0.39, 0.29) is 17.4 Å². The van der Waals surface area contributed by atoms with Gasteiger partial charge in [-0.25, -0.2) is 9.97 Å². The number of fused-ring (bicyclic) bond motifs is 2. The number of nitrogens with zero attached hydrogens (tertiary/aromatic N) is 4. The maximum Gasteiger partial charge on any atom is 0.277 e. The lowest BCUT2D eigenvalue weighted by Gasteiger charge is -2.29. The van der Waals surface area contributed by atoms with E-state index < -0.39 is 0 Å². The molecule has 2 aromatic carbocycles. The fourth-order valence-electron chi connectivity index (χ4n) is 4.91. The van der Waals surface area contributed by atoms with Crippen LogP contribution < -0.4 is 19.7 Å². The summed E-state index contributed by atoms with van der Waals surface area (Å²) in [5.41, 5.74) is 1.67. The van der Waals surface area contributed by atoms with Crippen LogP contribution in [0.15, 0.2) is 36.4 Å². The van der Waals surface area contributed by atoms with Crippen LogP contribution in [-0.2, 0) is 13.0 Å². The van der Waals surface area contributed by atoms with Crippen LogP contribution in [0.3, 0.4) is 0 Å². The summed E-state index contributed by atoms with van der Waals surface area (Å²) < 4.78 is 10.7. The van der Waals surface area contributed by atoms with Gasteiger partial charge in [-0.15, -0.1) is 0 Å². The minimum atomic E-state index is -0.360. The molecule has 178 valence electrons. The van der Waals surface area contributed by atoms with Crippen molar-refractivity contribution >= 4 is 22.4 Å². The second kappa shape index (κ2) is 9.42. The molecule has 0 bridgehead atoms. The molecule has 2 aliphatic rings. The van der Waals surface area contributed by atoms with Gasteiger partial charge in [0.2, 0.25) is 6.79 Å². The van der Waals surface area contributed by atoms with Crippen molar-refractivity contribution in [2.45, 2.75) is 44.7 Å². The van der Waals surface area contributed by atoms with E-state index >= 15 is 0 Å². The van der Waals surface area contributed by atoms with Gasteiger partial charge in [-0.2, -0.15) is 0 Å². The second-order valence-electron chi connectivity index (χ2n) is 9.27. The monoisotopic (exact) mass is 463 g/mol. The molecule has 2 heterocycles. The van der Waals surface area contributed by atoms with E-state index in [9.17, 15) is 10.1 Å². The van der Waals surface area contributed by atoms with Gasteiger partial charge in [-0.3, -0.25) is 10.1 Å². The lowest BCUT2D eigenvalue weighted by atomic mass is 9.84. The molecule has 0 amide bonds. The van der Waals surface area contributed by atoms with Crippen LogP contribution in [0.2, 0.25) is 0 Å². The molecule has 1 aliphatic carbocycles. The highest BCUT2D eigenvalue weighted by atomic mass is 16.7. The molecule has 1 saturated carbocycles. The Bertz CT molecular complexity index is 1210. The van der Waals surface area contributed by atoms with Crippen molar-refractivity contribution in [2.24, 2.45) is 5.92 Å². The summed E-state index contributed by atoms with van der Waals surface area (Å²) in [7, 11) is 4.03. The van der Waals surface area contributed by atoms with Crippen LogP contribution in [0.1, 0.15) is 37.1 Å². The van der Waals surface area contributed by atoms with Crippen molar-refractivity contribution < 1.29 is 14.4 Å². The lowest BCUT2D eigenvalue weighted by Crippen LogP contribution is -2.33. The van der Waals surface area contributed by atoms with Crippen LogP contribution >= 0.6 is 0 Å². The smallest absolute Gasteiger partial charge is 0.277 e. The molecule has 0 spiro atoms. The number of anilines is 1. The molecule has 1 N–H and O–H groups in total. The molecule has 5 rings (SSSR count). The number of rotatable bonds is 7. The van der Waals surface area contributed by atoms with Crippen LogP contribution in [-0.4, -0.2) is 41.8 Å². The molecule has 0 atom stereocenters. The molecule has 0 radical (unpaired) electrons. The summed E-state index contributed by atoms with van der Waals surface area (Å²) in [6.07, 6.45) is 5.07. The fraction of sp³-hybridized carbons (Fsp3) is 0.440. The Hall–Kier alpha value is -3.46. The van der Waals surface area contributed by atoms with E-state index in [1.165, 1.54) is 6.07 Å². The number of ether oxygens (including phenoxy) is 2.